The van der Waals surface area contributed by atoms with Crippen molar-refractivity contribution in [2.24, 2.45) is 5.92 Å². The number of likely N-dealkylation sites (tertiary alicyclic amines) is 1. The van der Waals surface area contributed by atoms with E-state index >= 15 is 0 Å². The number of benzene rings is 1. The maximum Gasteiger partial charge on any atom is 0.219 e. The van der Waals surface area contributed by atoms with E-state index in [0.717, 1.165) is 10.2 Å². The lowest BCUT2D eigenvalue weighted by molar-refractivity contribution is -0.130. The number of fused-ring (bicyclic) bond motifs is 1. The van der Waals surface area contributed by atoms with Crippen LogP contribution in [0.4, 0.5) is 0 Å². The first-order valence-electron chi connectivity index (χ1n) is 7.55. The summed E-state index contributed by atoms with van der Waals surface area (Å²) < 4.78 is 0.995. The molecule has 0 unspecified atom stereocenters. The van der Waals surface area contributed by atoms with Crippen LogP contribution in [0.25, 0.3) is 15.8 Å². The number of carbonyl (C=O) groups excluding carboxylic acids is 1. The smallest absolute Gasteiger partial charge is 0.219 e. The molecule has 1 aromatic heterocycles. The summed E-state index contributed by atoms with van der Waals surface area (Å²) in [6.07, 6.45) is 1.34. The number of nitrogens with zero attached hydrogens (tertiary/aromatic N) is 3. The number of para-hydroxylation sites is 1. The molecule has 0 radical (unpaired) electrons. The van der Waals surface area contributed by atoms with Gasteiger partial charge in [-0.05, 0) is 25.0 Å². The van der Waals surface area contributed by atoms with Crippen molar-refractivity contribution >= 4 is 33.0 Å². The molecule has 118 valence electrons. The van der Waals surface area contributed by atoms with Crippen molar-refractivity contribution in [3.63, 3.8) is 0 Å². The van der Waals surface area contributed by atoms with Crippen LogP contribution in [0.15, 0.2) is 30.0 Å². The molecular formula is C17H17N3O2S. The average molecular weight is 327 g/mol. The second-order valence-electron chi connectivity index (χ2n) is 5.64. The zero-order valence-corrected chi connectivity index (χ0v) is 13.6. The van der Waals surface area contributed by atoms with E-state index in [1.54, 1.807) is 11.8 Å². The highest BCUT2D eigenvalue weighted by Crippen LogP contribution is 2.32. The van der Waals surface area contributed by atoms with Crippen LogP contribution in [0.2, 0.25) is 0 Å². The average Bonchev–Trinajstić information content (AvgIpc) is 2.99. The van der Waals surface area contributed by atoms with Gasteiger partial charge in [-0.2, -0.15) is 5.26 Å². The van der Waals surface area contributed by atoms with Gasteiger partial charge in [0.05, 0.1) is 10.2 Å². The van der Waals surface area contributed by atoms with Gasteiger partial charge in [0.15, 0.2) is 0 Å². The molecule has 0 saturated carbocycles. The van der Waals surface area contributed by atoms with Gasteiger partial charge in [0.1, 0.15) is 22.4 Å². The first-order chi connectivity index (χ1) is 11.1. The molecule has 1 N–H and O–H groups in total. The molecule has 1 saturated heterocycles. The summed E-state index contributed by atoms with van der Waals surface area (Å²) in [7, 11) is 0. The summed E-state index contributed by atoms with van der Waals surface area (Å²) in [4.78, 5) is 17.6. The Morgan fingerprint density at radius 3 is 2.70 bits per heavy atom. The molecule has 0 spiro atoms. The first kappa shape index (κ1) is 15.5. The molecule has 6 heteroatoms. The molecule has 2 heterocycles. The predicted molar refractivity (Wildman–Crippen MR) is 89.8 cm³/mol. The monoisotopic (exact) mass is 327 g/mol. The Kier molecular flexibility index (Phi) is 4.30. The van der Waals surface area contributed by atoms with E-state index in [-0.39, 0.29) is 23.2 Å². The number of hydrogen-bond acceptors (Lipinski definition) is 5. The topological polar surface area (TPSA) is 77.2 Å². The Hall–Kier alpha value is -2.39. The highest BCUT2D eigenvalue weighted by Gasteiger charge is 2.26. The molecule has 1 aliphatic rings. The number of allylic oxidation sites excluding steroid dienone is 2. The van der Waals surface area contributed by atoms with Crippen molar-refractivity contribution < 1.29 is 9.90 Å². The summed E-state index contributed by atoms with van der Waals surface area (Å²) in [6, 6.07) is 9.78. The summed E-state index contributed by atoms with van der Waals surface area (Å²) >= 11 is 1.41. The van der Waals surface area contributed by atoms with E-state index in [1.165, 1.54) is 11.3 Å². The fourth-order valence-corrected chi connectivity index (χ4v) is 3.84. The number of hydrogen-bond donors (Lipinski definition) is 1. The number of amides is 1. The molecule has 1 aliphatic heterocycles. The lowest BCUT2D eigenvalue weighted by Crippen LogP contribution is -2.37. The van der Waals surface area contributed by atoms with Gasteiger partial charge < -0.3 is 10.0 Å². The van der Waals surface area contributed by atoms with Crippen LogP contribution < -0.4 is 0 Å². The number of piperidine rings is 1. The normalized spacial score (nSPS) is 17.0. The van der Waals surface area contributed by atoms with Gasteiger partial charge in [0.25, 0.3) is 0 Å². The molecule has 1 fully saturated rings. The highest BCUT2D eigenvalue weighted by atomic mass is 32.1. The third-order valence-electron chi connectivity index (χ3n) is 4.20. The molecule has 5 nitrogen and oxygen atoms in total. The standard InChI is InChI=1S/C17H17N3O2S/c1-11(21)20-8-6-12(7-9-20)16(22)13(10-18)17-19-14-4-2-3-5-15(14)23-17/h2-5,12,22H,6-9H2,1H3/b16-13+. The Morgan fingerprint density at radius 2 is 2.09 bits per heavy atom. The predicted octanol–water partition coefficient (Wildman–Crippen LogP) is 3.35. The van der Waals surface area contributed by atoms with E-state index in [9.17, 15) is 15.2 Å². The lowest BCUT2D eigenvalue weighted by Gasteiger charge is -2.31. The molecule has 2 aromatic rings. The van der Waals surface area contributed by atoms with Crippen molar-refractivity contribution in [1.29, 1.82) is 5.26 Å². The summed E-state index contributed by atoms with van der Waals surface area (Å²) in [6.45, 7) is 2.78. The minimum Gasteiger partial charge on any atom is -0.511 e. The summed E-state index contributed by atoms with van der Waals surface area (Å²) in [5.41, 5.74) is 1.09. The van der Waals surface area contributed by atoms with Crippen LogP contribution in [0.3, 0.4) is 0 Å². The van der Waals surface area contributed by atoms with Crippen LogP contribution >= 0.6 is 11.3 Å². The van der Waals surface area contributed by atoms with E-state index in [2.05, 4.69) is 11.1 Å². The molecule has 0 bridgehead atoms. The Bertz CT molecular complexity index is 778. The molecule has 1 amide bonds. The van der Waals surface area contributed by atoms with E-state index in [4.69, 9.17) is 0 Å². The molecule has 0 aliphatic carbocycles. The largest absolute Gasteiger partial charge is 0.511 e. The number of rotatable bonds is 2. The van der Waals surface area contributed by atoms with Gasteiger partial charge in [-0.15, -0.1) is 11.3 Å². The molecule has 0 atom stereocenters. The Morgan fingerprint density at radius 1 is 1.39 bits per heavy atom. The second-order valence-corrected chi connectivity index (χ2v) is 6.67. The van der Waals surface area contributed by atoms with Gasteiger partial charge in [0, 0.05) is 25.9 Å². The van der Waals surface area contributed by atoms with Gasteiger partial charge in [-0.1, -0.05) is 12.1 Å². The Labute approximate surface area is 138 Å². The van der Waals surface area contributed by atoms with E-state index in [1.807, 2.05) is 24.3 Å². The fraction of sp³-hybridized carbons (Fsp3) is 0.353. The van der Waals surface area contributed by atoms with Crippen molar-refractivity contribution in [3.8, 4) is 6.07 Å². The van der Waals surface area contributed by atoms with Crippen LogP contribution in [-0.2, 0) is 4.79 Å². The maximum absolute atomic E-state index is 11.4. The molecule has 1 aromatic carbocycles. The minimum atomic E-state index is -0.0905. The van der Waals surface area contributed by atoms with Crippen LogP contribution in [0, 0.1) is 17.2 Å². The minimum absolute atomic E-state index is 0.0543. The number of carbonyl (C=O) groups is 1. The van der Waals surface area contributed by atoms with Crippen molar-refractivity contribution in [2.75, 3.05) is 13.1 Å². The van der Waals surface area contributed by atoms with Gasteiger partial charge in [-0.25, -0.2) is 4.98 Å². The van der Waals surface area contributed by atoms with Gasteiger partial charge >= 0.3 is 0 Å². The van der Waals surface area contributed by atoms with Crippen LogP contribution in [-0.4, -0.2) is 34.0 Å². The third kappa shape index (κ3) is 3.06. The molecule has 23 heavy (non-hydrogen) atoms. The fourth-order valence-electron chi connectivity index (χ4n) is 2.87. The number of aliphatic hydroxyl groups excluding tert-OH is 1. The molecular weight excluding hydrogens is 310 g/mol. The number of nitriles is 1. The van der Waals surface area contributed by atoms with E-state index < -0.39 is 0 Å². The summed E-state index contributed by atoms with van der Waals surface area (Å²) in [5, 5.41) is 20.6. The highest BCUT2D eigenvalue weighted by molar-refractivity contribution is 7.19. The van der Waals surface area contributed by atoms with Crippen molar-refractivity contribution in [3.05, 3.63) is 35.0 Å². The van der Waals surface area contributed by atoms with Gasteiger partial charge in [0.2, 0.25) is 5.91 Å². The summed E-state index contributed by atoms with van der Waals surface area (Å²) in [5.74, 6) is 0.0700. The Balaban J connectivity index is 1.88. The van der Waals surface area contributed by atoms with Crippen LogP contribution in [0.5, 0.6) is 0 Å². The van der Waals surface area contributed by atoms with Crippen molar-refractivity contribution in [1.82, 2.24) is 9.88 Å². The van der Waals surface area contributed by atoms with E-state index in [0.29, 0.717) is 30.9 Å². The maximum atomic E-state index is 11.4. The first-order valence-corrected chi connectivity index (χ1v) is 8.36. The van der Waals surface area contributed by atoms with Crippen molar-refractivity contribution in [2.45, 2.75) is 19.8 Å². The quantitative estimate of drug-likeness (QED) is 0.678. The zero-order chi connectivity index (χ0) is 16.4. The zero-order valence-electron chi connectivity index (χ0n) is 12.8. The second kappa shape index (κ2) is 6.39. The number of aliphatic hydroxyl groups is 1. The third-order valence-corrected chi connectivity index (χ3v) is 5.26. The number of aromatic nitrogens is 1. The van der Waals surface area contributed by atoms with Gasteiger partial charge in [-0.3, -0.25) is 4.79 Å². The van der Waals surface area contributed by atoms with Crippen LogP contribution in [0.1, 0.15) is 24.8 Å². The lowest BCUT2D eigenvalue weighted by atomic mass is 9.92. The SMILES string of the molecule is CC(=O)N1CCC(/C(O)=C(/C#N)c2nc3ccccc3s2)CC1. The molecule has 3 rings (SSSR count). The number of thiazole rings is 1.